The van der Waals surface area contributed by atoms with Crippen LogP contribution in [0.1, 0.15) is 38.8 Å². The monoisotopic (exact) mass is 697 g/mol. The van der Waals surface area contributed by atoms with Gasteiger partial charge < -0.3 is 24.6 Å². The standard InChI is InChI=1S/C38H41F2N7O4/c1-22-17-45(28-20-51-21-28)8-9-46(22)27-6-7-34(41-16-27)43-32-11-24(18-44(5)36(32)49)29-13-26(39)14-33(30(29)19-48)47-37(50)35-23(15-42-47)10-25(12-31(35)40)38(2,3)4/h6-7,10-16,18,22,28,48H,8-9,17,19-21H2,1-5H3,(H,41,43)/t22-/m1/s1. The second kappa shape index (κ2) is 13.3. The number of nitrogens with one attached hydrogen (secondary N) is 1. The molecule has 0 amide bonds. The summed E-state index contributed by atoms with van der Waals surface area (Å²) in [6.07, 6.45) is 4.65. The molecular weight excluding hydrogens is 656 g/mol. The molecule has 5 aromatic rings. The first-order chi connectivity index (χ1) is 24.3. The smallest absolute Gasteiger partial charge is 0.282 e. The van der Waals surface area contributed by atoms with Gasteiger partial charge in [-0.25, -0.2) is 13.8 Å². The van der Waals surface area contributed by atoms with E-state index < -0.39 is 23.8 Å². The number of rotatable bonds is 7. The molecule has 0 unspecified atom stereocenters. The average Bonchev–Trinajstić information content (AvgIpc) is 3.05. The van der Waals surface area contributed by atoms with Crippen molar-refractivity contribution in [1.29, 1.82) is 0 Å². The Hall–Kier alpha value is -4.98. The molecule has 0 saturated carbocycles. The summed E-state index contributed by atoms with van der Waals surface area (Å²) in [6, 6.07) is 11.4. The van der Waals surface area contributed by atoms with Crippen LogP contribution in [-0.4, -0.2) is 74.3 Å². The highest BCUT2D eigenvalue weighted by Crippen LogP contribution is 2.32. The predicted molar refractivity (Wildman–Crippen MR) is 193 cm³/mol. The zero-order valence-electron chi connectivity index (χ0n) is 29.3. The van der Waals surface area contributed by atoms with Crippen LogP contribution in [0.15, 0.2) is 70.6 Å². The molecule has 5 heterocycles. The third kappa shape index (κ3) is 6.52. The zero-order valence-corrected chi connectivity index (χ0v) is 29.3. The summed E-state index contributed by atoms with van der Waals surface area (Å²) in [5.41, 5.74) is 1.08. The maximum Gasteiger partial charge on any atom is 0.282 e. The number of aliphatic hydroxyl groups excluding tert-OH is 1. The van der Waals surface area contributed by atoms with E-state index in [2.05, 4.69) is 32.1 Å². The molecular formula is C38H41F2N7O4. The largest absolute Gasteiger partial charge is 0.392 e. The van der Waals surface area contributed by atoms with E-state index in [4.69, 9.17) is 4.74 Å². The highest BCUT2D eigenvalue weighted by molar-refractivity contribution is 5.83. The highest BCUT2D eigenvalue weighted by Gasteiger charge is 2.32. The van der Waals surface area contributed by atoms with E-state index in [1.807, 2.05) is 26.8 Å². The minimum Gasteiger partial charge on any atom is -0.392 e. The van der Waals surface area contributed by atoms with Gasteiger partial charge in [-0.15, -0.1) is 0 Å². The summed E-state index contributed by atoms with van der Waals surface area (Å²) in [4.78, 5) is 36.3. The van der Waals surface area contributed by atoms with Crippen molar-refractivity contribution >= 4 is 28.0 Å². The van der Waals surface area contributed by atoms with Gasteiger partial charge in [-0.05, 0) is 59.9 Å². The van der Waals surface area contributed by atoms with Gasteiger partial charge in [0.15, 0.2) is 0 Å². The number of hydrogen-bond acceptors (Lipinski definition) is 9. The lowest BCUT2D eigenvalue weighted by atomic mass is 9.86. The number of aryl methyl sites for hydroxylation is 1. The summed E-state index contributed by atoms with van der Waals surface area (Å²) in [5.74, 6) is -0.990. The Balaban J connectivity index is 1.20. The molecule has 1 atom stereocenters. The van der Waals surface area contributed by atoms with Crippen LogP contribution in [0.25, 0.3) is 27.6 Å². The van der Waals surface area contributed by atoms with Crippen LogP contribution in [0.4, 0.5) is 26.0 Å². The van der Waals surface area contributed by atoms with Gasteiger partial charge in [0.25, 0.3) is 11.1 Å². The second-order valence-corrected chi connectivity index (χ2v) is 14.5. The van der Waals surface area contributed by atoms with E-state index in [0.717, 1.165) is 49.3 Å². The molecule has 266 valence electrons. The Bertz CT molecular complexity index is 2240. The zero-order chi connectivity index (χ0) is 36.2. The molecule has 3 aromatic heterocycles. The van der Waals surface area contributed by atoms with Crippen molar-refractivity contribution in [3.8, 4) is 16.8 Å². The Kier molecular flexibility index (Phi) is 8.98. The Morgan fingerprint density at radius 1 is 1.02 bits per heavy atom. The average molecular weight is 698 g/mol. The fourth-order valence-electron chi connectivity index (χ4n) is 6.92. The molecule has 7 rings (SSSR count). The quantitative estimate of drug-likeness (QED) is 0.246. The maximum absolute atomic E-state index is 15.4. The van der Waals surface area contributed by atoms with Gasteiger partial charge in [0, 0.05) is 61.5 Å². The van der Waals surface area contributed by atoms with Crippen LogP contribution in [0, 0.1) is 11.6 Å². The van der Waals surface area contributed by atoms with Crippen LogP contribution < -0.4 is 21.3 Å². The van der Waals surface area contributed by atoms with Gasteiger partial charge in [-0.1, -0.05) is 20.8 Å². The highest BCUT2D eigenvalue weighted by atomic mass is 19.1. The number of piperazine rings is 1. The number of anilines is 3. The molecule has 0 aliphatic carbocycles. The SMILES string of the molecule is C[C@@H]1CN(C2COC2)CCN1c1ccc(Nc2cc(-c3cc(F)cc(-n4ncc5cc(C(C)(C)C)cc(F)c5c4=O)c3CO)cn(C)c2=O)nc1. The summed E-state index contributed by atoms with van der Waals surface area (Å²) in [6.45, 7) is 11.7. The number of halogens is 2. The fraction of sp³-hybridized carbons (Fsp3) is 0.368. The topological polar surface area (TPSA) is 118 Å². The van der Waals surface area contributed by atoms with Gasteiger partial charge in [0.05, 0.1) is 55.0 Å². The van der Waals surface area contributed by atoms with E-state index in [-0.39, 0.29) is 38.9 Å². The van der Waals surface area contributed by atoms with Gasteiger partial charge in [-0.3, -0.25) is 14.5 Å². The second-order valence-electron chi connectivity index (χ2n) is 14.5. The third-order valence-corrected chi connectivity index (χ3v) is 9.92. The summed E-state index contributed by atoms with van der Waals surface area (Å²) < 4.78 is 38.4. The molecule has 2 aliphatic rings. The maximum atomic E-state index is 15.4. The van der Waals surface area contributed by atoms with Crippen LogP contribution >= 0.6 is 0 Å². The lowest BCUT2D eigenvalue weighted by Crippen LogP contribution is -2.59. The number of ether oxygens (including phenoxy) is 1. The molecule has 51 heavy (non-hydrogen) atoms. The molecule has 11 nitrogen and oxygen atoms in total. The lowest BCUT2D eigenvalue weighted by molar-refractivity contribution is -0.0691. The molecule has 2 fully saturated rings. The van der Waals surface area contributed by atoms with Gasteiger partial charge in [0.1, 0.15) is 23.1 Å². The molecule has 2 saturated heterocycles. The Labute approximate surface area is 293 Å². The van der Waals surface area contributed by atoms with Crippen LogP contribution in [0.2, 0.25) is 0 Å². The normalized spacial score (nSPS) is 17.2. The van der Waals surface area contributed by atoms with E-state index in [1.165, 1.54) is 29.1 Å². The number of nitrogens with zero attached hydrogens (tertiary/aromatic N) is 6. The third-order valence-electron chi connectivity index (χ3n) is 9.92. The first-order valence-electron chi connectivity index (χ1n) is 17.0. The van der Waals surface area contributed by atoms with Crippen LogP contribution in [-0.2, 0) is 23.8 Å². The number of aliphatic hydroxyl groups is 1. The van der Waals surface area contributed by atoms with Crippen molar-refractivity contribution in [1.82, 2.24) is 24.2 Å². The molecule has 2 aromatic carbocycles. The van der Waals surface area contributed by atoms with E-state index >= 15 is 8.78 Å². The van der Waals surface area contributed by atoms with Crippen molar-refractivity contribution in [2.45, 2.75) is 51.8 Å². The van der Waals surface area contributed by atoms with Crippen LogP contribution in [0.5, 0.6) is 0 Å². The lowest BCUT2D eigenvalue weighted by Gasteiger charge is -2.46. The molecule has 2 aliphatic heterocycles. The van der Waals surface area contributed by atoms with Gasteiger partial charge >= 0.3 is 0 Å². The minimum absolute atomic E-state index is 0.0459. The molecule has 0 bridgehead atoms. The first kappa shape index (κ1) is 34.5. The molecule has 13 heteroatoms. The minimum atomic E-state index is -0.793. The van der Waals surface area contributed by atoms with Gasteiger partial charge in [0.2, 0.25) is 0 Å². The van der Waals surface area contributed by atoms with Crippen molar-refractivity contribution in [2.75, 3.05) is 43.1 Å². The molecule has 0 radical (unpaired) electrons. The summed E-state index contributed by atoms with van der Waals surface area (Å²) in [7, 11) is 1.56. The summed E-state index contributed by atoms with van der Waals surface area (Å²) >= 11 is 0. The van der Waals surface area contributed by atoms with Crippen molar-refractivity contribution < 1.29 is 18.6 Å². The number of pyridine rings is 2. The number of fused-ring (bicyclic) bond motifs is 1. The van der Waals surface area contributed by atoms with Crippen molar-refractivity contribution in [3.05, 3.63) is 105 Å². The first-order valence-corrected chi connectivity index (χ1v) is 17.0. The van der Waals surface area contributed by atoms with Gasteiger partial charge in [-0.2, -0.15) is 9.78 Å². The number of hydrogen-bond donors (Lipinski definition) is 2. The predicted octanol–water partition coefficient (Wildman–Crippen LogP) is 4.87. The van der Waals surface area contributed by atoms with Crippen molar-refractivity contribution in [3.63, 3.8) is 0 Å². The summed E-state index contributed by atoms with van der Waals surface area (Å²) in [5, 5.41) is 18.1. The van der Waals surface area contributed by atoms with E-state index in [1.54, 1.807) is 31.4 Å². The Morgan fingerprint density at radius 3 is 2.45 bits per heavy atom. The van der Waals surface area contributed by atoms with Crippen molar-refractivity contribution in [2.24, 2.45) is 7.05 Å². The van der Waals surface area contributed by atoms with E-state index in [0.29, 0.717) is 34.4 Å². The number of aromatic nitrogens is 4. The number of benzene rings is 2. The fourth-order valence-corrected chi connectivity index (χ4v) is 6.92. The van der Waals surface area contributed by atoms with Crippen LogP contribution in [0.3, 0.4) is 0 Å². The molecule has 0 spiro atoms. The van der Waals surface area contributed by atoms with E-state index in [9.17, 15) is 14.7 Å². The Morgan fingerprint density at radius 2 is 1.80 bits per heavy atom. The molecule has 2 N–H and O–H groups in total.